The molecule has 0 saturated heterocycles. The fourth-order valence-electron chi connectivity index (χ4n) is 5.89. The number of sulfonamides is 1. The van der Waals surface area contributed by atoms with Gasteiger partial charge < -0.3 is 15.4 Å². The maximum Gasteiger partial charge on any atom is 0.326 e. The summed E-state index contributed by atoms with van der Waals surface area (Å²) in [5.74, 6) is -0.473. The number of rotatable bonds is 13. The first-order valence-electron chi connectivity index (χ1n) is 16.5. The average molecular weight is 697 g/mol. The maximum absolute atomic E-state index is 13.6. The van der Waals surface area contributed by atoms with Crippen molar-refractivity contribution in [1.82, 2.24) is 24.8 Å². The van der Waals surface area contributed by atoms with E-state index in [1.165, 1.54) is 0 Å². The van der Waals surface area contributed by atoms with Gasteiger partial charge in [0, 0.05) is 42.3 Å². The van der Waals surface area contributed by atoms with E-state index in [1.807, 2.05) is 66.2 Å². The second-order valence-electron chi connectivity index (χ2n) is 13.3. The molecule has 12 heteroatoms. The van der Waals surface area contributed by atoms with Crippen molar-refractivity contribution in [2.24, 2.45) is 0 Å². The number of fused-ring (bicyclic) bond motifs is 1. The third kappa shape index (κ3) is 8.93. The lowest BCUT2D eigenvalue weighted by atomic mass is 10.1. The lowest BCUT2D eigenvalue weighted by molar-refractivity contribution is -0.156. The molecule has 0 radical (unpaired) electrons. The Bertz CT molecular complexity index is 2070. The Morgan fingerprint density at radius 2 is 1.62 bits per heavy atom. The summed E-state index contributed by atoms with van der Waals surface area (Å²) < 4.78 is 37.2. The van der Waals surface area contributed by atoms with E-state index in [4.69, 9.17) is 9.84 Å². The van der Waals surface area contributed by atoms with Crippen molar-refractivity contribution >= 4 is 38.6 Å². The fraction of sp³-hybridized carbons (Fsp3) is 0.316. The number of aromatic nitrogens is 3. The molecule has 0 unspecified atom stereocenters. The van der Waals surface area contributed by atoms with Crippen molar-refractivity contribution < 1.29 is 22.7 Å². The zero-order valence-corrected chi connectivity index (χ0v) is 30.1. The molecule has 11 nitrogen and oxygen atoms in total. The van der Waals surface area contributed by atoms with Crippen molar-refractivity contribution in [2.75, 3.05) is 18.4 Å². The van der Waals surface area contributed by atoms with E-state index in [-0.39, 0.29) is 11.4 Å². The monoisotopic (exact) mass is 696 g/mol. The van der Waals surface area contributed by atoms with Gasteiger partial charge in [0.2, 0.25) is 10.0 Å². The molecule has 1 amide bonds. The maximum atomic E-state index is 13.6. The number of pyridine rings is 1. The number of anilines is 1. The van der Waals surface area contributed by atoms with Crippen LogP contribution in [0.3, 0.4) is 0 Å². The zero-order valence-electron chi connectivity index (χ0n) is 29.3. The van der Waals surface area contributed by atoms with Gasteiger partial charge in [0.05, 0.1) is 10.4 Å². The van der Waals surface area contributed by atoms with E-state index >= 15 is 0 Å². The Morgan fingerprint density at radius 1 is 0.920 bits per heavy atom. The van der Waals surface area contributed by atoms with E-state index in [1.54, 1.807) is 65.1 Å². The van der Waals surface area contributed by atoms with Crippen LogP contribution in [0, 0.1) is 20.8 Å². The number of hydrogen-bond donors (Lipinski definition) is 3. The molecule has 3 N–H and O–H groups in total. The van der Waals surface area contributed by atoms with Gasteiger partial charge in [-0.3, -0.25) is 14.3 Å². The van der Waals surface area contributed by atoms with Crippen LogP contribution in [0.5, 0.6) is 0 Å². The first kappa shape index (κ1) is 36.2. The second-order valence-corrected chi connectivity index (χ2v) is 15.0. The highest BCUT2D eigenvalue weighted by atomic mass is 32.2. The largest absolute Gasteiger partial charge is 0.459 e. The summed E-state index contributed by atoms with van der Waals surface area (Å²) in [5, 5.41) is 11.8. The highest BCUT2D eigenvalue weighted by molar-refractivity contribution is 7.89. The summed E-state index contributed by atoms with van der Waals surface area (Å²) in [5.41, 5.74) is 3.98. The minimum absolute atomic E-state index is 0.0893. The highest BCUT2D eigenvalue weighted by Crippen LogP contribution is 2.29. The molecular weight excluding hydrogens is 653 g/mol. The van der Waals surface area contributed by atoms with Crippen LogP contribution in [0.15, 0.2) is 90.0 Å². The molecule has 0 bridgehead atoms. The molecule has 1 atom stereocenters. The number of nitrogens with zero attached hydrogens (tertiary/aromatic N) is 3. The minimum Gasteiger partial charge on any atom is -0.459 e. The van der Waals surface area contributed by atoms with Crippen LogP contribution in [-0.4, -0.2) is 59.8 Å². The molecule has 0 spiro atoms. The second kappa shape index (κ2) is 15.2. The predicted octanol–water partition coefficient (Wildman–Crippen LogP) is 5.94. The van der Waals surface area contributed by atoms with Gasteiger partial charge in [0.1, 0.15) is 23.2 Å². The smallest absolute Gasteiger partial charge is 0.326 e. The molecular formula is C38H44N6O5S. The van der Waals surface area contributed by atoms with Gasteiger partial charge in [-0.05, 0) is 89.4 Å². The molecule has 0 aliphatic heterocycles. The zero-order chi connectivity index (χ0) is 36.1. The summed E-state index contributed by atoms with van der Waals surface area (Å²) in [6, 6.07) is 22.9. The van der Waals surface area contributed by atoms with Crippen LogP contribution < -0.4 is 15.4 Å². The first-order chi connectivity index (χ1) is 23.7. The third-order valence-corrected chi connectivity index (χ3v) is 9.68. The van der Waals surface area contributed by atoms with Gasteiger partial charge in [0.15, 0.2) is 0 Å². The van der Waals surface area contributed by atoms with E-state index in [2.05, 4.69) is 20.3 Å². The van der Waals surface area contributed by atoms with Gasteiger partial charge in [0.25, 0.3) is 5.91 Å². The number of nitrogens with one attached hydrogen (secondary N) is 3. The number of carbonyl (C=O) groups is 2. The van der Waals surface area contributed by atoms with Crippen molar-refractivity contribution in [3.8, 4) is 11.3 Å². The Labute approximate surface area is 293 Å². The SMILES string of the molecule is Cc1cc(C)c(S(=O)(=O)N[C@@H](CNC(=O)c2ccc3c(c2)c(-c2ccccc2)nn3CCCNc2ccccn2)C(=O)OC(C)(C)C)c(C)c1. The number of aryl methyl sites for hydroxylation is 4. The number of carbonyl (C=O) groups excluding carboxylic acids is 2. The van der Waals surface area contributed by atoms with Gasteiger partial charge >= 0.3 is 5.97 Å². The summed E-state index contributed by atoms with van der Waals surface area (Å²) in [6.45, 7) is 11.4. The Morgan fingerprint density at radius 3 is 2.28 bits per heavy atom. The summed E-state index contributed by atoms with van der Waals surface area (Å²) in [4.78, 5) is 31.3. The molecule has 50 heavy (non-hydrogen) atoms. The summed E-state index contributed by atoms with van der Waals surface area (Å²) in [7, 11) is -4.16. The summed E-state index contributed by atoms with van der Waals surface area (Å²) in [6.07, 6.45) is 2.53. The van der Waals surface area contributed by atoms with Crippen LogP contribution in [0.1, 0.15) is 54.2 Å². The molecule has 3 aromatic carbocycles. The van der Waals surface area contributed by atoms with Crippen LogP contribution in [-0.2, 0) is 26.1 Å². The third-order valence-electron chi connectivity index (χ3n) is 7.91. The Kier molecular flexibility index (Phi) is 11.0. The number of benzene rings is 3. The minimum atomic E-state index is -4.16. The number of amides is 1. The molecule has 2 aromatic heterocycles. The number of ether oxygens (including phenoxy) is 1. The number of hydrogen-bond acceptors (Lipinski definition) is 8. The summed E-state index contributed by atoms with van der Waals surface area (Å²) >= 11 is 0. The standard InChI is InChI=1S/C38H44N6O5S/c1-25-21-26(2)35(27(3)22-25)50(47,48)43-31(37(46)49-38(4,5)6)24-41-36(45)29-16-17-32-30(23-29)34(28-13-8-7-9-14-28)42-44(32)20-12-19-40-33-15-10-11-18-39-33/h7-11,13-18,21-23,31,43H,12,19-20,24H2,1-6H3,(H,39,40)(H,41,45)/t31-/m0/s1. The predicted molar refractivity (Wildman–Crippen MR) is 195 cm³/mol. The van der Waals surface area contributed by atoms with Gasteiger partial charge in [-0.25, -0.2) is 13.4 Å². The van der Waals surface area contributed by atoms with Gasteiger partial charge in [-0.2, -0.15) is 9.82 Å². The quantitative estimate of drug-likeness (QED) is 0.101. The lowest BCUT2D eigenvalue weighted by Crippen LogP contribution is -2.50. The van der Waals surface area contributed by atoms with Crippen LogP contribution in [0.2, 0.25) is 0 Å². The van der Waals surface area contributed by atoms with Crippen molar-refractivity contribution in [1.29, 1.82) is 0 Å². The topological polar surface area (TPSA) is 144 Å². The van der Waals surface area contributed by atoms with Crippen LogP contribution >= 0.6 is 0 Å². The van der Waals surface area contributed by atoms with Crippen LogP contribution in [0.4, 0.5) is 5.82 Å². The molecule has 262 valence electrons. The molecule has 5 aromatic rings. The van der Waals surface area contributed by atoms with E-state index in [0.717, 1.165) is 40.0 Å². The lowest BCUT2D eigenvalue weighted by Gasteiger charge is -2.25. The van der Waals surface area contributed by atoms with Crippen molar-refractivity contribution in [3.05, 3.63) is 107 Å². The Hall–Kier alpha value is -5.07. The normalized spacial score (nSPS) is 12.4. The Balaban J connectivity index is 1.38. The van der Waals surface area contributed by atoms with E-state index < -0.39 is 33.5 Å². The fourth-order valence-corrected chi connectivity index (χ4v) is 7.53. The van der Waals surface area contributed by atoms with Crippen molar-refractivity contribution in [2.45, 2.75) is 71.0 Å². The molecule has 0 aliphatic carbocycles. The molecule has 2 heterocycles. The highest BCUT2D eigenvalue weighted by Gasteiger charge is 2.32. The van der Waals surface area contributed by atoms with Gasteiger partial charge in [-0.15, -0.1) is 0 Å². The van der Waals surface area contributed by atoms with E-state index in [0.29, 0.717) is 29.8 Å². The first-order valence-corrected chi connectivity index (χ1v) is 18.0. The molecule has 0 aliphatic rings. The molecule has 5 rings (SSSR count). The average Bonchev–Trinajstić information content (AvgIpc) is 3.42. The van der Waals surface area contributed by atoms with Crippen molar-refractivity contribution in [3.63, 3.8) is 0 Å². The molecule has 0 fully saturated rings. The van der Waals surface area contributed by atoms with Gasteiger partial charge in [-0.1, -0.05) is 54.1 Å². The van der Waals surface area contributed by atoms with Crippen LogP contribution in [0.25, 0.3) is 22.2 Å². The van der Waals surface area contributed by atoms with E-state index in [9.17, 15) is 18.0 Å². The number of esters is 1. The molecule has 0 saturated carbocycles.